The molecule has 8 heteroatoms. The van der Waals surface area contributed by atoms with Crippen molar-refractivity contribution < 1.29 is 4.39 Å². The van der Waals surface area contributed by atoms with Gasteiger partial charge in [-0.05, 0) is 30.3 Å². The Balaban J connectivity index is 1.70. The molecule has 26 heavy (non-hydrogen) atoms. The van der Waals surface area contributed by atoms with E-state index in [1.54, 1.807) is 16.8 Å². The Morgan fingerprint density at radius 2 is 2.00 bits per heavy atom. The van der Waals surface area contributed by atoms with E-state index >= 15 is 0 Å². The van der Waals surface area contributed by atoms with Gasteiger partial charge in [0.1, 0.15) is 11.2 Å². The van der Waals surface area contributed by atoms with Gasteiger partial charge >= 0.3 is 0 Å². The first kappa shape index (κ1) is 16.5. The van der Waals surface area contributed by atoms with Crippen LogP contribution in [0.4, 0.5) is 10.3 Å². The van der Waals surface area contributed by atoms with Gasteiger partial charge < -0.3 is 5.32 Å². The lowest BCUT2D eigenvalue weighted by Crippen LogP contribution is -2.14. The molecule has 2 N–H and O–H groups in total. The summed E-state index contributed by atoms with van der Waals surface area (Å²) in [5, 5.41) is 7.60. The summed E-state index contributed by atoms with van der Waals surface area (Å²) in [4.78, 5) is 19.4. The molecule has 2 aromatic carbocycles. The van der Waals surface area contributed by atoms with Crippen LogP contribution in [0.1, 0.15) is 5.56 Å². The average molecular weight is 414 g/mol. The van der Waals surface area contributed by atoms with E-state index in [9.17, 15) is 9.18 Å². The van der Waals surface area contributed by atoms with Crippen LogP contribution >= 0.6 is 15.9 Å². The first-order valence-corrected chi connectivity index (χ1v) is 8.62. The summed E-state index contributed by atoms with van der Waals surface area (Å²) in [6, 6.07) is 14.1. The van der Waals surface area contributed by atoms with Crippen LogP contribution in [0.3, 0.4) is 0 Å². The van der Waals surface area contributed by atoms with Gasteiger partial charge in [0.15, 0.2) is 5.65 Å². The van der Waals surface area contributed by atoms with Crippen molar-refractivity contribution in [1.82, 2.24) is 19.7 Å². The Labute approximate surface area is 155 Å². The summed E-state index contributed by atoms with van der Waals surface area (Å²) in [6.45, 7) is 0.180. The zero-order chi connectivity index (χ0) is 18.1. The largest absolute Gasteiger partial charge is 0.351 e. The summed E-state index contributed by atoms with van der Waals surface area (Å²) in [5.74, 6) is -0.0852. The third-order valence-corrected chi connectivity index (χ3v) is 4.39. The fraction of sp³-hybridized carbons (Fsp3) is 0.0556. The van der Waals surface area contributed by atoms with Gasteiger partial charge in [-0.2, -0.15) is 10.1 Å². The fourth-order valence-corrected chi connectivity index (χ4v) is 3.03. The molecule has 2 aromatic heterocycles. The van der Waals surface area contributed by atoms with Gasteiger partial charge in [-0.1, -0.05) is 34.1 Å². The number of anilines is 1. The lowest BCUT2D eigenvalue weighted by molar-refractivity contribution is 0.612. The lowest BCUT2D eigenvalue weighted by Gasteiger charge is -2.08. The van der Waals surface area contributed by atoms with Crippen molar-refractivity contribution in [2.24, 2.45) is 0 Å². The van der Waals surface area contributed by atoms with Crippen molar-refractivity contribution in [3.63, 3.8) is 0 Å². The van der Waals surface area contributed by atoms with Crippen LogP contribution in [0.25, 0.3) is 16.7 Å². The van der Waals surface area contributed by atoms with Crippen LogP contribution in [0.15, 0.2) is 64.0 Å². The molecule has 0 aliphatic rings. The predicted molar refractivity (Wildman–Crippen MR) is 101 cm³/mol. The number of hydrogen-bond donors (Lipinski definition) is 2. The number of rotatable bonds is 4. The van der Waals surface area contributed by atoms with Crippen LogP contribution in [0.2, 0.25) is 0 Å². The second-order valence-corrected chi connectivity index (χ2v) is 6.55. The maximum Gasteiger partial charge on any atom is 0.263 e. The minimum Gasteiger partial charge on any atom is -0.351 e. The third-order valence-electron chi connectivity index (χ3n) is 3.89. The molecule has 2 heterocycles. The molecule has 0 radical (unpaired) electrons. The number of halogens is 2. The highest BCUT2D eigenvalue weighted by Gasteiger charge is 2.12. The Kier molecular flexibility index (Phi) is 4.26. The Morgan fingerprint density at radius 1 is 1.19 bits per heavy atom. The molecule has 0 fully saturated rings. The molecule has 130 valence electrons. The average Bonchev–Trinajstić information content (AvgIpc) is 3.08. The molecular weight excluding hydrogens is 401 g/mol. The highest BCUT2D eigenvalue weighted by molar-refractivity contribution is 9.10. The van der Waals surface area contributed by atoms with E-state index in [0.717, 1.165) is 10.2 Å². The molecule has 6 nitrogen and oxygen atoms in total. The molecule has 0 saturated carbocycles. The van der Waals surface area contributed by atoms with Crippen LogP contribution in [0, 0.1) is 5.82 Å². The number of aromatic amines is 1. The standard InChI is InChI=1S/C18H13BrFN5O/c19-12-6-7-15(20)11(8-12)9-21-18-23-16-14(17(26)24-18)10-22-25(16)13-4-2-1-3-5-13/h1-8,10H,9H2,(H2,21,23,24,26). The second kappa shape index (κ2) is 6.72. The van der Waals surface area contributed by atoms with E-state index in [1.165, 1.54) is 12.3 Å². The van der Waals surface area contributed by atoms with Gasteiger partial charge in [0.05, 0.1) is 11.9 Å². The second-order valence-electron chi connectivity index (χ2n) is 5.63. The molecule has 0 unspecified atom stereocenters. The third kappa shape index (κ3) is 3.11. The maximum atomic E-state index is 13.9. The molecule has 0 atom stereocenters. The molecule has 0 aliphatic heterocycles. The van der Waals surface area contributed by atoms with Crippen LogP contribution in [-0.2, 0) is 6.54 Å². The first-order valence-electron chi connectivity index (χ1n) is 7.83. The van der Waals surface area contributed by atoms with Crippen LogP contribution in [-0.4, -0.2) is 19.7 Å². The van der Waals surface area contributed by atoms with E-state index in [-0.39, 0.29) is 23.9 Å². The van der Waals surface area contributed by atoms with Crippen molar-refractivity contribution in [1.29, 1.82) is 0 Å². The van der Waals surface area contributed by atoms with E-state index < -0.39 is 0 Å². The van der Waals surface area contributed by atoms with Gasteiger partial charge in [-0.25, -0.2) is 9.07 Å². The topological polar surface area (TPSA) is 75.6 Å². The van der Waals surface area contributed by atoms with Crippen molar-refractivity contribution in [2.75, 3.05) is 5.32 Å². The molecule has 0 bridgehead atoms. The molecule has 4 aromatic rings. The molecule has 0 aliphatic carbocycles. The van der Waals surface area contributed by atoms with E-state index in [0.29, 0.717) is 16.6 Å². The Hall–Kier alpha value is -3.00. The van der Waals surface area contributed by atoms with Crippen molar-refractivity contribution in [2.45, 2.75) is 6.54 Å². The number of fused-ring (bicyclic) bond motifs is 1. The minimum atomic E-state index is -0.335. The predicted octanol–water partition coefficient (Wildman–Crippen LogP) is 3.62. The summed E-state index contributed by atoms with van der Waals surface area (Å²) >= 11 is 3.32. The van der Waals surface area contributed by atoms with Crippen molar-refractivity contribution in [3.8, 4) is 5.69 Å². The zero-order valence-corrected chi connectivity index (χ0v) is 15.0. The number of benzene rings is 2. The molecule has 0 amide bonds. The van der Waals surface area contributed by atoms with Crippen molar-refractivity contribution in [3.05, 3.63) is 80.9 Å². The first-order chi connectivity index (χ1) is 12.6. The van der Waals surface area contributed by atoms with Gasteiger partial charge in [0.25, 0.3) is 5.56 Å². The molecular formula is C18H13BrFN5O. The number of hydrogen-bond acceptors (Lipinski definition) is 4. The van der Waals surface area contributed by atoms with Crippen molar-refractivity contribution >= 4 is 32.9 Å². The lowest BCUT2D eigenvalue weighted by atomic mass is 10.2. The van der Waals surface area contributed by atoms with Gasteiger partial charge in [0.2, 0.25) is 5.95 Å². The molecule has 0 saturated heterocycles. The maximum absolute atomic E-state index is 13.9. The van der Waals surface area contributed by atoms with Gasteiger partial charge in [-0.3, -0.25) is 9.78 Å². The summed E-state index contributed by atoms with van der Waals surface area (Å²) in [5.41, 5.74) is 1.37. The number of para-hydroxylation sites is 1. The Morgan fingerprint density at radius 3 is 2.81 bits per heavy atom. The minimum absolute atomic E-state index is 0.180. The Bertz CT molecular complexity index is 1140. The van der Waals surface area contributed by atoms with Crippen LogP contribution in [0.5, 0.6) is 0 Å². The van der Waals surface area contributed by atoms with Crippen LogP contribution < -0.4 is 10.9 Å². The SMILES string of the molecule is O=c1[nH]c(NCc2cc(Br)ccc2F)nc2c1cnn2-c1ccccc1. The van der Waals surface area contributed by atoms with E-state index in [1.807, 2.05) is 30.3 Å². The molecule has 0 spiro atoms. The summed E-state index contributed by atoms with van der Waals surface area (Å²) < 4.78 is 16.2. The zero-order valence-electron chi connectivity index (χ0n) is 13.4. The normalized spacial score (nSPS) is 11.0. The van der Waals surface area contributed by atoms with Gasteiger partial charge in [0, 0.05) is 16.6 Å². The fourth-order valence-electron chi connectivity index (χ4n) is 2.62. The summed E-state index contributed by atoms with van der Waals surface area (Å²) in [7, 11) is 0. The quantitative estimate of drug-likeness (QED) is 0.535. The number of aromatic nitrogens is 4. The highest BCUT2D eigenvalue weighted by Crippen LogP contribution is 2.17. The van der Waals surface area contributed by atoms with E-state index in [2.05, 4.69) is 36.3 Å². The number of nitrogens with one attached hydrogen (secondary N) is 2. The van der Waals surface area contributed by atoms with Gasteiger partial charge in [-0.15, -0.1) is 0 Å². The highest BCUT2D eigenvalue weighted by atomic mass is 79.9. The number of nitrogens with zero attached hydrogens (tertiary/aromatic N) is 3. The van der Waals surface area contributed by atoms with E-state index in [4.69, 9.17) is 0 Å². The number of H-pyrrole nitrogens is 1. The smallest absolute Gasteiger partial charge is 0.263 e. The summed E-state index contributed by atoms with van der Waals surface area (Å²) in [6.07, 6.45) is 1.48. The monoisotopic (exact) mass is 413 g/mol. The molecule has 4 rings (SSSR count).